The van der Waals surface area contributed by atoms with Crippen molar-refractivity contribution in [1.29, 1.82) is 0 Å². The molecule has 0 amide bonds. The monoisotopic (exact) mass is 256 g/mol. The summed E-state index contributed by atoms with van der Waals surface area (Å²) in [5, 5.41) is 4.02. The fraction of sp³-hybridized carbons (Fsp3) is 0.615. The Labute approximate surface area is 109 Å². The number of pyridine rings is 1. The van der Waals surface area contributed by atoms with Gasteiger partial charge in [0, 0.05) is 19.3 Å². The van der Waals surface area contributed by atoms with Crippen LogP contribution in [0.3, 0.4) is 0 Å². The Hall–Kier alpha value is -0.800. The first-order valence-electron chi connectivity index (χ1n) is 6.22. The SMILES string of the molecule is CC.Cc1cc(Cl)ncc1NC1CCOCC1. The van der Waals surface area contributed by atoms with Crippen LogP contribution in [0, 0.1) is 6.92 Å². The lowest BCUT2D eigenvalue weighted by atomic mass is 10.1. The van der Waals surface area contributed by atoms with Gasteiger partial charge < -0.3 is 10.1 Å². The highest BCUT2D eigenvalue weighted by Gasteiger charge is 2.14. The molecule has 3 nitrogen and oxygen atoms in total. The van der Waals surface area contributed by atoms with Crippen molar-refractivity contribution in [3.63, 3.8) is 0 Å². The zero-order chi connectivity index (χ0) is 12.7. The summed E-state index contributed by atoms with van der Waals surface area (Å²) in [7, 11) is 0. The van der Waals surface area contributed by atoms with Crippen molar-refractivity contribution < 1.29 is 4.74 Å². The smallest absolute Gasteiger partial charge is 0.129 e. The highest BCUT2D eigenvalue weighted by molar-refractivity contribution is 6.29. The topological polar surface area (TPSA) is 34.2 Å². The van der Waals surface area contributed by atoms with Crippen LogP contribution in [0.15, 0.2) is 12.3 Å². The van der Waals surface area contributed by atoms with E-state index in [0.717, 1.165) is 37.3 Å². The van der Waals surface area contributed by atoms with Gasteiger partial charge in [0.25, 0.3) is 0 Å². The van der Waals surface area contributed by atoms with Gasteiger partial charge in [-0.2, -0.15) is 0 Å². The third kappa shape index (κ3) is 4.52. The lowest BCUT2D eigenvalue weighted by molar-refractivity contribution is 0.0904. The van der Waals surface area contributed by atoms with E-state index in [1.807, 2.05) is 26.8 Å². The number of rotatable bonds is 2. The number of nitrogens with one attached hydrogen (secondary N) is 1. The van der Waals surface area contributed by atoms with Gasteiger partial charge in [-0.15, -0.1) is 0 Å². The Balaban J connectivity index is 0.000000686. The molecule has 1 saturated heterocycles. The van der Waals surface area contributed by atoms with Crippen LogP contribution >= 0.6 is 11.6 Å². The van der Waals surface area contributed by atoms with Gasteiger partial charge >= 0.3 is 0 Å². The molecular weight excluding hydrogens is 236 g/mol. The van der Waals surface area contributed by atoms with Crippen molar-refractivity contribution in [2.75, 3.05) is 18.5 Å². The molecule has 2 rings (SSSR count). The van der Waals surface area contributed by atoms with Crippen molar-refractivity contribution in [1.82, 2.24) is 4.98 Å². The minimum absolute atomic E-state index is 0.500. The van der Waals surface area contributed by atoms with Crippen LogP contribution < -0.4 is 5.32 Å². The summed E-state index contributed by atoms with van der Waals surface area (Å²) in [6.45, 7) is 7.73. The van der Waals surface area contributed by atoms with E-state index in [1.165, 1.54) is 0 Å². The molecule has 0 saturated carbocycles. The van der Waals surface area contributed by atoms with Crippen molar-refractivity contribution in [3.8, 4) is 0 Å². The third-order valence-corrected chi connectivity index (χ3v) is 2.87. The molecule has 0 bridgehead atoms. The van der Waals surface area contributed by atoms with Gasteiger partial charge in [0.15, 0.2) is 0 Å². The first-order chi connectivity index (χ1) is 8.25. The van der Waals surface area contributed by atoms with E-state index in [2.05, 4.69) is 10.3 Å². The Bertz CT molecular complexity index is 338. The van der Waals surface area contributed by atoms with Crippen LogP contribution in [0.4, 0.5) is 5.69 Å². The number of anilines is 1. The molecule has 0 unspecified atom stereocenters. The van der Waals surface area contributed by atoms with Crippen molar-refractivity contribution in [2.24, 2.45) is 0 Å². The van der Waals surface area contributed by atoms with Crippen molar-refractivity contribution in [3.05, 3.63) is 23.0 Å². The first kappa shape index (κ1) is 14.3. The van der Waals surface area contributed by atoms with Crippen LogP contribution in [0.25, 0.3) is 0 Å². The molecule has 96 valence electrons. The number of aryl methyl sites for hydroxylation is 1. The normalized spacial score (nSPS) is 16.0. The van der Waals surface area contributed by atoms with E-state index in [9.17, 15) is 0 Å². The van der Waals surface area contributed by atoms with Gasteiger partial charge in [0.2, 0.25) is 0 Å². The summed E-state index contributed by atoms with van der Waals surface area (Å²) >= 11 is 5.80. The van der Waals surface area contributed by atoms with Crippen molar-refractivity contribution >= 4 is 17.3 Å². The lowest BCUT2D eigenvalue weighted by Gasteiger charge is -2.24. The van der Waals surface area contributed by atoms with Crippen LogP contribution in [0.5, 0.6) is 0 Å². The molecule has 1 aliphatic heterocycles. The second-order valence-electron chi connectivity index (χ2n) is 3.85. The minimum Gasteiger partial charge on any atom is -0.381 e. The summed E-state index contributed by atoms with van der Waals surface area (Å²) in [6, 6.07) is 2.38. The van der Waals surface area contributed by atoms with Gasteiger partial charge in [0.05, 0.1) is 11.9 Å². The molecule has 1 aliphatic rings. The highest BCUT2D eigenvalue weighted by Crippen LogP contribution is 2.20. The van der Waals surface area contributed by atoms with Gasteiger partial charge in [-0.3, -0.25) is 0 Å². The molecule has 0 radical (unpaired) electrons. The number of aromatic nitrogens is 1. The molecule has 4 heteroatoms. The molecular formula is C13H21ClN2O. The maximum atomic E-state index is 5.80. The predicted molar refractivity (Wildman–Crippen MR) is 72.8 cm³/mol. The number of hydrogen-bond donors (Lipinski definition) is 1. The third-order valence-electron chi connectivity index (χ3n) is 2.66. The Kier molecular flexibility index (Phi) is 6.30. The molecule has 0 spiro atoms. The molecule has 1 aromatic heterocycles. The van der Waals surface area contributed by atoms with Crippen molar-refractivity contribution in [2.45, 2.75) is 39.7 Å². The zero-order valence-corrected chi connectivity index (χ0v) is 11.5. The van der Waals surface area contributed by atoms with Gasteiger partial charge in [-0.1, -0.05) is 25.4 Å². The number of hydrogen-bond acceptors (Lipinski definition) is 3. The average molecular weight is 257 g/mol. The number of ether oxygens (including phenoxy) is 1. The maximum absolute atomic E-state index is 5.80. The molecule has 2 heterocycles. The van der Waals surface area contributed by atoms with Gasteiger partial charge in [-0.05, 0) is 31.4 Å². The van der Waals surface area contributed by atoms with E-state index in [1.54, 1.807) is 6.20 Å². The van der Waals surface area contributed by atoms with Gasteiger partial charge in [-0.25, -0.2) is 4.98 Å². The summed E-state index contributed by atoms with van der Waals surface area (Å²) in [5.41, 5.74) is 2.22. The Morgan fingerprint density at radius 2 is 2.00 bits per heavy atom. The standard InChI is InChI=1S/C11H15ClN2O.C2H6/c1-8-6-11(12)13-7-10(8)14-9-2-4-15-5-3-9;1-2/h6-7,9,14H,2-5H2,1H3;1-2H3. The quantitative estimate of drug-likeness (QED) is 0.820. The largest absolute Gasteiger partial charge is 0.381 e. The Morgan fingerprint density at radius 3 is 2.59 bits per heavy atom. The maximum Gasteiger partial charge on any atom is 0.129 e. The van der Waals surface area contributed by atoms with Crippen LogP contribution in [-0.4, -0.2) is 24.2 Å². The lowest BCUT2D eigenvalue weighted by Crippen LogP contribution is -2.28. The molecule has 17 heavy (non-hydrogen) atoms. The summed E-state index contributed by atoms with van der Waals surface area (Å²) < 4.78 is 5.31. The van der Waals surface area contributed by atoms with E-state index in [-0.39, 0.29) is 0 Å². The average Bonchev–Trinajstić information content (AvgIpc) is 2.37. The van der Waals surface area contributed by atoms with E-state index < -0.39 is 0 Å². The molecule has 1 N–H and O–H groups in total. The van der Waals surface area contributed by atoms with Gasteiger partial charge in [0.1, 0.15) is 5.15 Å². The predicted octanol–water partition coefficient (Wildman–Crippen LogP) is 3.66. The van der Waals surface area contributed by atoms with Crippen LogP contribution in [-0.2, 0) is 4.74 Å². The van der Waals surface area contributed by atoms with E-state index in [4.69, 9.17) is 16.3 Å². The zero-order valence-electron chi connectivity index (χ0n) is 10.8. The molecule has 1 fully saturated rings. The number of nitrogens with zero attached hydrogens (tertiary/aromatic N) is 1. The molecule has 0 aliphatic carbocycles. The molecule has 0 aromatic carbocycles. The summed E-state index contributed by atoms with van der Waals surface area (Å²) in [4.78, 5) is 4.08. The molecule has 1 aromatic rings. The van der Waals surface area contributed by atoms with E-state index >= 15 is 0 Å². The summed E-state index contributed by atoms with van der Waals surface area (Å²) in [6.07, 6.45) is 3.91. The summed E-state index contributed by atoms with van der Waals surface area (Å²) in [5.74, 6) is 0. The van der Waals surface area contributed by atoms with Crippen LogP contribution in [0.1, 0.15) is 32.3 Å². The fourth-order valence-electron chi connectivity index (χ4n) is 1.73. The van der Waals surface area contributed by atoms with E-state index in [0.29, 0.717) is 11.2 Å². The Morgan fingerprint density at radius 1 is 1.35 bits per heavy atom. The second-order valence-corrected chi connectivity index (χ2v) is 4.24. The first-order valence-corrected chi connectivity index (χ1v) is 6.60. The highest BCUT2D eigenvalue weighted by atomic mass is 35.5. The number of halogens is 1. The fourth-order valence-corrected chi connectivity index (χ4v) is 1.95. The van der Waals surface area contributed by atoms with Crippen LogP contribution in [0.2, 0.25) is 5.15 Å². The molecule has 0 atom stereocenters. The minimum atomic E-state index is 0.500. The second kappa shape index (κ2) is 7.51.